The van der Waals surface area contributed by atoms with E-state index in [-0.39, 0.29) is 5.91 Å². The Morgan fingerprint density at radius 1 is 1.24 bits per heavy atom. The van der Waals surface area contributed by atoms with Crippen LogP contribution in [0.3, 0.4) is 0 Å². The van der Waals surface area contributed by atoms with E-state index in [0.29, 0.717) is 10.7 Å². The lowest BCUT2D eigenvalue weighted by Crippen LogP contribution is -2.10. The summed E-state index contributed by atoms with van der Waals surface area (Å²) in [5.41, 5.74) is 2.55. The van der Waals surface area contributed by atoms with Crippen LogP contribution in [0.25, 0.3) is 11.3 Å². The third-order valence-corrected chi connectivity index (χ3v) is 5.71. The monoisotopic (exact) mass is 490 g/mol. The maximum atomic E-state index is 12.1. The summed E-state index contributed by atoms with van der Waals surface area (Å²) in [6.07, 6.45) is 0. The van der Waals surface area contributed by atoms with Crippen LogP contribution in [0.15, 0.2) is 45.6 Å². The maximum Gasteiger partial charge on any atom is 0.258 e. The van der Waals surface area contributed by atoms with Crippen LogP contribution >= 0.6 is 61.2 Å². The molecule has 0 fully saturated rings. The standard InChI is InChI=1S/C14H8BrIN2OS2/c15-10-3-1-2-8(4-10)11-7-21-14(17-11)18-13(19)9-5-12(16)20-6-9/h1-7H,(H,17,18,19). The van der Waals surface area contributed by atoms with Crippen molar-refractivity contribution in [2.24, 2.45) is 0 Å². The van der Waals surface area contributed by atoms with Gasteiger partial charge in [0.15, 0.2) is 5.13 Å². The zero-order valence-corrected chi connectivity index (χ0v) is 15.8. The predicted octanol–water partition coefficient (Wildman–Crippen LogP) is 5.49. The lowest BCUT2D eigenvalue weighted by atomic mass is 10.2. The number of benzene rings is 1. The minimum atomic E-state index is -0.121. The quantitative estimate of drug-likeness (QED) is 0.493. The molecule has 0 atom stereocenters. The van der Waals surface area contributed by atoms with Crippen molar-refractivity contribution in [3.63, 3.8) is 0 Å². The highest BCUT2D eigenvalue weighted by Gasteiger charge is 2.11. The molecular formula is C14H8BrIN2OS2. The zero-order valence-electron chi connectivity index (χ0n) is 10.5. The SMILES string of the molecule is O=C(Nc1nc(-c2cccc(Br)c2)cs1)c1csc(I)c1. The Morgan fingerprint density at radius 2 is 2.10 bits per heavy atom. The number of thiophene rings is 1. The summed E-state index contributed by atoms with van der Waals surface area (Å²) in [5.74, 6) is -0.121. The minimum Gasteiger partial charge on any atom is -0.298 e. The molecule has 2 heterocycles. The molecule has 3 nitrogen and oxygen atoms in total. The highest BCUT2D eigenvalue weighted by molar-refractivity contribution is 14.1. The molecule has 1 amide bonds. The molecule has 7 heteroatoms. The molecule has 106 valence electrons. The van der Waals surface area contributed by atoms with Crippen LogP contribution in [-0.4, -0.2) is 10.9 Å². The van der Waals surface area contributed by atoms with E-state index in [1.165, 1.54) is 11.3 Å². The topological polar surface area (TPSA) is 42.0 Å². The van der Waals surface area contributed by atoms with Gasteiger partial charge in [-0.1, -0.05) is 28.1 Å². The van der Waals surface area contributed by atoms with Crippen LogP contribution in [0, 0.1) is 2.88 Å². The first-order valence-electron chi connectivity index (χ1n) is 5.89. The number of nitrogens with zero attached hydrogens (tertiary/aromatic N) is 1. The van der Waals surface area contributed by atoms with Gasteiger partial charge < -0.3 is 0 Å². The van der Waals surface area contributed by atoms with Crippen molar-refractivity contribution in [3.8, 4) is 11.3 Å². The molecule has 3 aromatic rings. The molecule has 0 aliphatic rings. The Balaban J connectivity index is 1.78. The van der Waals surface area contributed by atoms with E-state index in [2.05, 4.69) is 48.8 Å². The van der Waals surface area contributed by atoms with Crippen LogP contribution in [0.4, 0.5) is 5.13 Å². The predicted molar refractivity (Wildman–Crippen MR) is 100 cm³/mol. The average molecular weight is 491 g/mol. The Kier molecular flexibility index (Phi) is 4.72. The summed E-state index contributed by atoms with van der Waals surface area (Å²) < 4.78 is 2.10. The highest BCUT2D eigenvalue weighted by Crippen LogP contribution is 2.27. The van der Waals surface area contributed by atoms with E-state index >= 15 is 0 Å². The van der Waals surface area contributed by atoms with Crippen LogP contribution in [0.5, 0.6) is 0 Å². The summed E-state index contributed by atoms with van der Waals surface area (Å²) in [5, 5.41) is 7.23. The van der Waals surface area contributed by atoms with Gasteiger partial charge in [-0.25, -0.2) is 4.98 Å². The molecular weight excluding hydrogens is 483 g/mol. The summed E-state index contributed by atoms with van der Waals surface area (Å²) in [6, 6.07) is 9.79. The number of aromatic nitrogens is 1. The van der Waals surface area contributed by atoms with E-state index in [9.17, 15) is 4.79 Å². The fourth-order valence-corrected chi connectivity index (χ4v) is 4.15. The molecule has 21 heavy (non-hydrogen) atoms. The fourth-order valence-electron chi connectivity index (χ4n) is 1.71. The van der Waals surface area contributed by atoms with E-state index in [4.69, 9.17) is 0 Å². The van der Waals surface area contributed by atoms with Gasteiger partial charge in [-0.05, 0) is 40.8 Å². The lowest BCUT2D eigenvalue weighted by molar-refractivity contribution is 0.102. The van der Waals surface area contributed by atoms with Gasteiger partial charge in [0.1, 0.15) is 0 Å². The molecule has 0 bridgehead atoms. The van der Waals surface area contributed by atoms with E-state index in [1.807, 2.05) is 41.1 Å². The largest absolute Gasteiger partial charge is 0.298 e. The minimum absolute atomic E-state index is 0.121. The molecule has 0 saturated heterocycles. The van der Waals surface area contributed by atoms with Gasteiger partial charge >= 0.3 is 0 Å². The molecule has 0 unspecified atom stereocenters. The summed E-state index contributed by atoms with van der Waals surface area (Å²) in [7, 11) is 0. The van der Waals surface area contributed by atoms with Crippen LogP contribution in [-0.2, 0) is 0 Å². The summed E-state index contributed by atoms with van der Waals surface area (Å²) >= 11 is 8.62. The van der Waals surface area contributed by atoms with Crippen molar-refractivity contribution >= 4 is 72.2 Å². The zero-order chi connectivity index (χ0) is 14.8. The van der Waals surface area contributed by atoms with Gasteiger partial charge in [-0.3, -0.25) is 10.1 Å². The van der Waals surface area contributed by atoms with Gasteiger partial charge in [0, 0.05) is 20.8 Å². The average Bonchev–Trinajstić information content (AvgIpc) is 3.08. The maximum absolute atomic E-state index is 12.1. The smallest absolute Gasteiger partial charge is 0.258 e. The summed E-state index contributed by atoms with van der Waals surface area (Å²) in [4.78, 5) is 16.5. The Hall–Kier alpha value is -0.770. The number of halogens is 2. The number of hydrogen-bond acceptors (Lipinski definition) is 4. The number of nitrogens with one attached hydrogen (secondary N) is 1. The van der Waals surface area contributed by atoms with Gasteiger partial charge in [-0.15, -0.1) is 22.7 Å². The van der Waals surface area contributed by atoms with Crippen molar-refractivity contribution < 1.29 is 4.79 Å². The van der Waals surface area contributed by atoms with E-state index in [0.717, 1.165) is 18.6 Å². The Morgan fingerprint density at radius 3 is 2.81 bits per heavy atom. The van der Waals surface area contributed by atoms with Gasteiger partial charge in [0.25, 0.3) is 5.91 Å². The van der Waals surface area contributed by atoms with Gasteiger partial charge in [-0.2, -0.15) is 0 Å². The molecule has 0 radical (unpaired) electrons. The normalized spacial score (nSPS) is 10.6. The highest BCUT2D eigenvalue weighted by atomic mass is 127. The van der Waals surface area contributed by atoms with Crippen LogP contribution in [0.1, 0.15) is 10.4 Å². The third-order valence-electron chi connectivity index (χ3n) is 2.67. The van der Waals surface area contributed by atoms with Crippen molar-refractivity contribution in [1.82, 2.24) is 4.98 Å². The second-order valence-electron chi connectivity index (χ2n) is 4.14. The second-order valence-corrected chi connectivity index (χ2v) is 8.72. The molecule has 0 aliphatic heterocycles. The van der Waals surface area contributed by atoms with Crippen LogP contribution in [0.2, 0.25) is 0 Å². The van der Waals surface area contributed by atoms with Gasteiger partial charge in [0.05, 0.1) is 14.1 Å². The van der Waals surface area contributed by atoms with E-state index < -0.39 is 0 Å². The number of anilines is 1. The number of hydrogen-bond donors (Lipinski definition) is 1. The number of rotatable bonds is 3. The Bertz CT molecular complexity index is 800. The molecule has 0 spiro atoms. The fraction of sp³-hybridized carbons (Fsp3) is 0. The number of amides is 1. The lowest BCUT2D eigenvalue weighted by Gasteiger charge is -1.99. The van der Waals surface area contributed by atoms with Crippen molar-refractivity contribution in [1.29, 1.82) is 0 Å². The van der Waals surface area contributed by atoms with E-state index in [1.54, 1.807) is 11.3 Å². The molecule has 3 rings (SSSR count). The molecule has 1 N–H and O–H groups in total. The number of thiazole rings is 1. The molecule has 2 aromatic heterocycles. The first-order chi connectivity index (χ1) is 10.1. The van der Waals surface area contributed by atoms with Crippen molar-refractivity contribution in [2.75, 3.05) is 5.32 Å². The summed E-state index contributed by atoms with van der Waals surface area (Å²) in [6.45, 7) is 0. The molecule has 1 aromatic carbocycles. The Labute approximate surface area is 151 Å². The molecule has 0 saturated carbocycles. The van der Waals surface area contributed by atoms with Gasteiger partial charge in [0.2, 0.25) is 0 Å². The van der Waals surface area contributed by atoms with Crippen molar-refractivity contribution in [3.05, 3.63) is 54.0 Å². The molecule has 0 aliphatic carbocycles. The third kappa shape index (κ3) is 3.71. The second kappa shape index (κ2) is 6.55. The first kappa shape index (κ1) is 15.1. The van der Waals surface area contributed by atoms with Crippen molar-refractivity contribution in [2.45, 2.75) is 0 Å². The first-order valence-corrected chi connectivity index (χ1v) is 9.52. The number of carbonyl (C=O) groups excluding carboxylic acids is 1. The van der Waals surface area contributed by atoms with Crippen LogP contribution < -0.4 is 5.32 Å². The number of carbonyl (C=O) groups is 1.